The fraction of sp³-hybridized carbons (Fsp3) is 0.333. The Kier molecular flexibility index (Phi) is 9.01. The molecular weight excluding hydrogens is 232 g/mol. The number of rotatable bonds is 0. The first-order valence-electron chi connectivity index (χ1n) is 3.30. The summed E-state index contributed by atoms with van der Waals surface area (Å²) >= 11 is 0. The minimum atomic E-state index is -1.86. The van der Waals surface area contributed by atoms with Gasteiger partial charge in [0.15, 0.2) is 0 Å². The Morgan fingerprint density at radius 2 is 1.19 bits per heavy atom. The van der Waals surface area contributed by atoms with Crippen LogP contribution in [-0.2, 0) is 18.9 Å². The molecule has 10 heteroatoms. The molecule has 0 aromatic heterocycles. The van der Waals surface area contributed by atoms with Gasteiger partial charge in [0.05, 0.1) is 14.2 Å². The number of carbonyl (C=O) groups excluding carboxylic acids is 2. The van der Waals surface area contributed by atoms with Crippen LogP contribution in [-0.4, -0.2) is 49.1 Å². The Morgan fingerprint density at radius 1 is 0.750 bits per heavy atom. The van der Waals surface area contributed by atoms with E-state index in [-0.39, 0.29) is 0 Å². The number of ether oxygens (including phenoxy) is 4. The molecule has 0 aliphatic heterocycles. The van der Waals surface area contributed by atoms with E-state index >= 15 is 0 Å². The molecule has 16 heavy (non-hydrogen) atoms. The summed E-state index contributed by atoms with van der Waals surface area (Å²) in [6, 6.07) is 0. The van der Waals surface area contributed by atoms with Crippen LogP contribution in [0.25, 0.3) is 0 Å². The highest BCUT2D eigenvalue weighted by Crippen LogP contribution is 1.88. The summed E-state index contributed by atoms with van der Waals surface area (Å²) in [5.41, 5.74) is 0. The Morgan fingerprint density at radius 3 is 1.44 bits per heavy atom. The molecule has 2 N–H and O–H groups in total. The highest BCUT2D eigenvalue weighted by Gasteiger charge is 2.14. The van der Waals surface area contributed by atoms with Gasteiger partial charge in [0.2, 0.25) is 0 Å². The summed E-state index contributed by atoms with van der Waals surface area (Å²) in [5.74, 6) is 0. The number of carbonyl (C=O) groups is 4. The quantitative estimate of drug-likeness (QED) is 0.355. The molecule has 0 radical (unpaired) electrons. The zero-order valence-corrected chi connectivity index (χ0v) is 8.16. The molecule has 0 aromatic carbocycles. The second-order valence-corrected chi connectivity index (χ2v) is 1.64. The van der Waals surface area contributed by atoms with E-state index in [0.717, 1.165) is 14.2 Å². The summed E-state index contributed by atoms with van der Waals surface area (Å²) < 4.78 is 14.5. The van der Waals surface area contributed by atoms with E-state index in [1.807, 2.05) is 0 Å². The van der Waals surface area contributed by atoms with E-state index < -0.39 is 24.6 Å². The number of carboxylic acid groups (broad SMARTS) is 2. The van der Waals surface area contributed by atoms with Crippen molar-refractivity contribution in [1.29, 1.82) is 0 Å². The van der Waals surface area contributed by atoms with Crippen LogP contribution in [0.15, 0.2) is 0 Å². The highest BCUT2D eigenvalue weighted by atomic mass is 16.8. The second-order valence-electron chi connectivity index (χ2n) is 1.64. The smallest absolute Gasteiger partial charge is 0.450 e. The van der Waals surface area contributed by atoms with Crippen molar-refractivity contribution in [3.63, 3.8) is 0 Å². The van der Waals surface area contributed by atoms with Gasteiger partial charge < -0.3 is 29.2 Å². The molecule has 0 saturated heterocycles. The molecule has 0 bridgehead atoms. The summed E-state index contributed by atoms with van der Waals surface area (Å²) in [6.45, 7) is 0. The van der Waals surface area contributed by atoms with E-state index in [4.69, 9.17) is 15.0 Å². The monoisotopic (exact) mass is 240 g/mol. The lowest BCUT2D eigenvalue weighted by molar-refractivity contribution is 0.0473. The Balaban J connectivity index is 0. The van der Waals surface area contributed by atoms with Gasteiger partial charge in [-0.05, 0) is 0 Å². The SMILES string of the molecule is COC(=O)O.COC(=O)OC(=O)OC(=O)O. The van der Waals surface area contributed by atoms with Gasteiger partial charge in [-0.2, -0.15) is 0 Å². The lowest BCUT2D eigenvalue weighted by Gasteiger charge is -1.96. The third-order valence-electron chi connectivity index (χ3n) is 0.679. The molecule has 92 valence electrons. The van der Waals surface area contributed by atoms with Gasteiger partial charge in [-0.15, -0.1) is 0 Å². The van der Waals surface area contributed by atoms with Gasteiger partial charge in [0.25, 0.3) is 0 Å². The molecule has 0 unspecified atom stereocenters. The van der Waals surface area contributed by atoms with Crippen LogP contribution >= 0.6 is 0 Å². The van der Waals surface area contributed by atoms with E-state index in [9.17, 15) is 14.4 Å². The maximum Gasteiger partial charge on any atom is 0.528 e. The average Bonchev–Trinajstić information content (AvgIpc) is 2.17. The molecule has 0 atom stereocenters. The van der Waals surface area contributed by atoms with Crippen molar-refractivity contribution in [2.24, 2.45) is 0 Å². The molecule has 0 aliphatic carbocycles. The van der Waals surface area contributed by atoms with Crippen molar-refractivity contribution in [2.75, 3.05) is 14.2 Å². The van der Waals surface area contributed by atoms with Crippen LogP contribution in [0.2, 0.25) is 0 Å². The number of methoxy groups -OCH3 is 2. The van der Waals surface area contributed by atoms with Crippen molar-refractivity contribution in [2.45, 2.75) is 0 Å². The molecule has 0 aromatic rings. The van der Waals surface area contributed by atoms with Crippen LogP contribution in [0.5, 0.6) is 0 Å². The van der Waals surface area contributed by atoms with Crippen LogP contribution in [0, 0.1) is 0 Å². The second kappa shape index (κ2) is 9.05. The fourth-order valence-corrected chi connectivity index (χ4v) is 0.202. The third-order valence-corrected chi connectivity index (χ3v) is 0.679. The summed E-state index contributed by atoms with van der Waals surface area (Å²) in [4.78, 5) is 38.9. The minimum Gasteiger partial charge on any atom is -0.450 e. The summed E-state index contributed by atoms with van der Waals surface area (Å²) in [7, 11) is 2.05. The molecule has 0 amide bonds. The standard InChI is InChI=1S/C4H4O7.C2H4O3/c1-9-3(7)11-4(8)10-2(5)6;1-5-2(3)4/h1H3,(H,5,6);1H3,(H,3,4). The largest absolute Gasteiger partial charge is 0.528 e. The van der Waals surface area contributed by atoms with Crippen LogP contribution < -0.4 is 0 Å². The molecule has 10 nitrogen and oxygen atoms in total. The number of hydrogen-bond donors (Lipinski definition) is 2. The molecule has 0 saturated carbocycles. The van der Waals surface area contributed by atoms with Gasteiger partial charge in [0, 0.05) is 0 Å². The zero-order valence-electron chi connectivity index (χ0n) is 8.16. The molecule has 0 spiro atoms. The van der Waals surface area contributed by atoms with Crippen molar-refractivity contribution in [3.8, 4) is 0 Å². The first-order chi connectivity index (χ1) is 7.33. The molecule has 0 fully saturated rings. The van der Waals surface area contributed by atoms with Gasteiger partial charge in [-0.1, -0.05) is 0 Å². The topological polar surface area (TPSA) is 146 Å². The van der Waals surface area contributed by atoms with E-state index in [1.165, 1.54) is 0 Å². The molecule has 0 heterocycles. The highest BCUT2D eigenvalue weighted by molar-refractivity contribution is 5.83. The van der Waals surface area contributed by atoms with Crippen molar-refractivity contribution < 1.29 is 48.3 Å². The van der Waals surface area contributed by atoms with Crippen molar-refractivity contribution in [1.82, 2.24) is 0 Å². The first kappa shape index (κ1) is 15.9. The average molecular weight is 240 g/mol. The van der Waals surface area contributed by atoms with Gasteiger partial charge >= 0.3 is 24.6 Å². The van der Waals surface area contributed by atoms with Gasteiger partial charge in [0.1, 0.15) is 0 Å². The normalized spacial score (nSPS) is 7.62. The predicted molar refractivity (Wildman–Crippen MR) is 43.0 cm³/mol. The molecule has 0 aliphatic rings. The van der Waals surface area contributed by atoms with Crippen molar-refractivity contribution >= 4 is 24.6 Å². The van der Waals surface area contributed by atoms with Crippen LogP contribution in [0.1, 0.15) is 0 Å². The van der Waals surface area contributed by atoms with E-state index in [2.05, 4.69) is 18.9 Å². The lowest BCUT2D eigenvalue weighted by Crippen LogP contribution is -2.16. The van der Waals surface area contributed by atoms with Gasteiger partial charge in [-0.3, -0.25) is 0 Å². The maximum atomic E-state index is 10.1. The van der Waals surface area contributed by atoms with E-state index in [0.29, 0.717) is 0 Å². The first-order valence-corrected chi connectivity index (χ1v) is 3.30. The van der Waals surface area contributed by atoms with Crippen LogP contribution in [0.3, 0.4) is 0 Å². The minimum absolute atomic E-state index is 0.955. The van der Waals surface area contributed by atoms with Crippen molar-refractivity contribution in [3.05, 3.63) is 0 Å². The Hall–Kier alpha value is -2.52. The summed E-state index contributed by atoms with van der Waals surface area (Å²) in [6.07, 6.45) is -6.09. The molecular formula is C6H8O10. The fourth-order valence-electron chi connectivity index (χ4n) is 0.202. The zero-order chi connectivity index (χ0) is 13.1. The number of hydrogen-bond acceptors (Lipinski definition) is 8. The predicted octanol–water partition coefficient (Wildman–Crippen LogP) is 0.895. The Labute approximate surface area is 88.3 Å². The Bertz CT molecular complexity index is 268. The summed E-state index contributed by atoms with van der Waals surface area (Å²) in [5, 5.41) is 15.3. The lowest BCUT2D eigenvalue weighted by atomic mass is 11.2. The van der Waals surface area contributed by atoms with Gasteiger partial charge in [-0.25, -0.2) is 19.2 Å². The van der Waals surface area contributed by atoms with E-state index in [1.54, 1.807) is 0 Å². The third kappa shape index (κ3) is 14.0. The van der Waals surface area contributed by atoms with Crippen LogP contribution in [0.4, 0.5) is 19.2 Å². The molecule has 0 rings (SSSR count). The maximum absolute atomic E-state index is 10.1.